The van der Waals surface area contributed by atoms with Crippen LogP contribution >= 0.6 is 0 Å². The molecule has 0 bridgehead atoms. The van der Waals surface area contributed by atoms with Crippen LogP contribution in [0.25, 0.3) is 11.2 Å². The lowest BCUT2D eigenvalue weighted by Gasteiger charge is -2.21. The first-order chi connectivity index (χ1) is 14.3. The molecule has 1 aromatic carbocycles. The second-order valence-corrected chi connectivity index (χ2v) is 7.22. The molecule has 0 saturated heterocycles. The molecule has 0 aliphatic rings. The van der Waals surface area contributed by atoms with Gasteiger partial charge in [0, 0.05) is 27.7 Å². The highest BCUT2D eigenvalue weighted by atomic mass is 16.5. The Balaban J connectivity index is 2.09. The molecule has 0 radical (unpaired) electrons. The van der Waals surface area contributed by atoms with Crippen LogP contribution in [0.4, 0.5) is 5.95 Å². The van der Waals surface area contributed by atoms with Gasteiger partial charge in [0.2, 0.25) is 5.95 Å². The van der Waals surface area contributed by atoms with Crippen molar-refractivity contribution in [2.24, 2.45) is 14.1 Å². The molecule has 2 aromatic heterocycles. The highest BCUT2D eigenvalue weighted by molar-refractivity contribution is 5.74. The van der Waals surface area contributed by atoms with E-state index in [2.05, 4.69) is 11.6 Å². The number of anilines is 1. The summed E-state index contributed by atoms with van der Waals surface area (Å²) in [6, 6.07) is 9.84. The minimum absolute atomic E-state index is 0.0829. The average Bonchev–Trinajstić information content (AvgIpc) is 3.11. The smallest absolute Gasteiger partial charge is 0.332 e. The molecule has 0 fully saturated rings. The van der Waals surface area contributed by atoms with Gasteiger partial charge in [0.15, 0.2) is 11.2 Å². The van der Waals surface area contributed by atoms with Crippen LogP contribution in [-0.4, -0.2) is 50.2 Å². The standard InChI is InChI=1S/C21H27N5O4/c1-5-11-30-14-16(27)13-26-17-18(24(3)21(29)25(4)19(17)28)22-20(26)23(2)12-15-9-7-6-8-10-15/h5-10,16,27H,1,11-14H2,2-4H3. The quantitative estimate of drug-likeness (QED) is 0.409. The predicted octanol–water partition coefficient (Wildman–Crippen LogP) is 0.634. The number of aromatic nitrogens is 4. The highest BCUT2D eigenvalue weighted by Crippen LogP contribution is 2.21. The summed E-state index contributed by atoms with van der Waals surface area (Å²) in [7, 11) is 4.86. The summed E-state index contributed by atoms with van der Waals surface area (Å²) in [4.78, 5) is 31.7. The van der Waals surface area contributed by atoms with E-state index in [4.69, 9.17) is 4.74 Å². The van der Waals surface area contributed by atoms with Gasteiger partial charge in [-0.05, 0) is 5.56 Å². The van der Waals surface area contributed by atoms with Crippen molar-refractivity contribution in [2.75, 3.05) is 25.2 Å². The second kappa shape index (κ2) is 9.10. The number of benzene rings is 1. The molecule has 0 amide bonds. The third kappa shape index (κ3) is 4.22. The van der Waals surface area contributed by atoms with E-state index in [1.807, 2.05) is 42.3 Å². The van der Waals surface area contributed by atoms with E-state index in [1.165, 1.54) is 11.6 Å². The van der Waals surface area contributed by atoms with Crippen molar-refractivity contribution in [2.45, 2.75) is 19.2 Å². The van der Waals surface area contributed by atoms with Crippen molar-refractivity contribution in [3.05, 3.63) is 69.4 Å². The van der Waals surface area contributed by atoms with Crippen molar-refractivity contribution in [3.8, 4) is 0 Å². The fourth-order valence-electron chi connectivity index (χ4n) is 3.38. The van der Waals surface area contributed by atoms with Gasteiger partial charge in [-0.25, -0.2) is 4.79 Å². The van der Waals surface area contributed by atoms with Crippen molar-refractivity contribution in [1.82, 2.24) is 18.7 Å². The zero-order valence-corrected chi connectivity index (χ0v) is 17.5. The van der Waals surface area contributed by atoms with Crippen LogP contribution in [0, 0.1) is 0 Å². The number of hydrogen-bond acceptors (Lipinski definition) is 6. The maximum atomic E-state index is 12.9. The number of rotatable bonds is 9. The van der Waals surface area contributed by atoms with Crippen LogP contribution in [0.15, 0.2) is 52.6 Å². The van der Waals surface area contributed by atoms with Gasteiger partial charge < -0.3 is 19.3 Å². The van der Waals surface area contributed by atoms with Crippen LogP contribution in [-0.2, 0) is 31.9 Å². The molecule has 0 spiro atoms. The summed E-state index contributed by atoms with van der Waals surface area (Å²) in [6.45, 7) is 4.62. The van der Waals surface area contributed by atoms with Crippen molar-refractivity contribution < 1.29 is 9.84 Å². The predicted molar refractivity (Wildman–Crippen MR) is 116 cm³/mol. The van der Waals surface area contributed by atoms with Gasteiger partial charge in [0.25, 0.3) is 5.56 Å². The highest BCUT2D eigenvalue weighted by Gasteiger charge is 2.23. The Labute approximate surface area is 174 Å². The number of hydrogen-bond donors (Lipinski definition) is 1. The second-order valence-electron chi connectivity index (χ2n) is 7.22. The van der Waals surface area contributed by atoms with Gasteiger partial charge in [0.05, 0.1) is 25.9 Å². The molecule has 0 saturated carbocycles. The Morgan fingerprint density at radius 2 is 1.93 bits per heavy atom. The molecular weight excluding hydrogens is 386 g/mol. The molecule has 3 aromatic rings. The van der Waals surface area contributed by atoms with Gasteiger partial charge in [0.1, 0.15) is 0 Å². The maximum absolute atomic E-state index is 12.9. The summed E-state index contributed by atoms with van der Waals surface area (Å²) < 4.78 is 9.38. The Morgan fingerprint density at radius 1 is 1.23 bits per heavy atom. The van der Waals surface area contributed by atoms with E-state index in [0.717, 1.165) is 10.1 Å². The summed E-state index contributed by atoms with van der Waals surface area (Å²) in [6.07, 6.45) is 0.734. The molecular formula is C21H27N5O4. The number of fused-ring (bicyclic) bond motifs is 1. The lowest BCUT2D eigenvalue weighted by molar-refractivity contribution is 0.0404. The number of imidazole rings is 1. The summed E-state index contributed by atoms with van der Waals surface area (Å²) in [5.41, 5.74) is 0.688. The molecule has 1 N–H and O–H groups in total. The fourth-order valence-corrected chi connectivity index (χ4v) is 3.38. The van der Waals surface area contributed by atoms with Crippen LogP contribution < -0.4 is 16.1 Å². The van der Waals surface area contributed by atoms with E-state index < -0.39 is 17.4 Å². The normalized spacial score (nSPS) is 12.3. The molecule has 3 rings (SSSR count). The van der Waals surface area contributed by atoms with Gasteiger partial charge in [-0.2, -0.15) is 4.98 Å². The monoisotopic (exact) mass is 413 g/mol. The number of aryl methyl sites for hydroxylation is 1. The number of nitrogens with zero attached hydrogens (tertiary/aromatic N) is 5. The molecule has 160 valence electrons. The van der Waals surface area contributed by atoms with Crippen molar-refractivity contribution in [3.63, 3.8) is 0 Å². The SMILES string of the molecule is C=CCOCC(O)Cn1c(N(C)Cc2ccccc2)nc2c1c(=O)n(C)c(=O)n2C. The summed E-state index contributed by atoms with van der Waals surface area (Å²) >= 11 is 0. The van der Waals surface area contributed by atoms with E-state index in [-0.39, 0.29) is 24.3 Å². The fraction of sp³-hybridized carbons (Fsp3) is 0.381. The topological polar surface area (TPSA) is 94.5 Å². The van der Waals surface area contributed by atoms with Crippen LogP contribution in [0.5, 0.6) is 0 Å². The minimum atomic E-state index is -0.867. The Morgan fingerprint density at radius 3 is 2.60 bits per heavy atom. The molecule has 9 nitrogen and oxygen atoms in total. The Kier molecular flexibility index (Phi) is 6.53. The molecule has 0 aliphatic heterocycles. The first kappa shape index (κ1) is 21.5. The average molecular weight is 413 g/mol. The molecule has 1 atom stereocenters. The van der Waals surface area contributed by atoms with Crippen LogP contribution in [0.2, 0.25) is 0 Å². The number of ether oxygens (including phenoxy) is 1. The first-order valence-corrected chi connectivity index (χ1v) is 9.63. The summed E-state index contributed by atoms with van der Waals surface area (Å²) in [5.74, 6) is 0.481. The van der Waals surface area contributed by atoms with Crippen molar-refractivity contribution >= 4 is 17.1 Å². The molecule has 30 heavy (non-hydrogen) atoms. The maximum Gasteiger partial charge on any atom is 0.332 e. The van der Waals surface area contributed by atoms with Gasteiger partial charge in [-0.3, -0.25) is 13.9 Å². The van der Waals surface area contributed by atoms with E-state index in [1.54, 1.807) is 17.7 Å². The van der Waals surface area contributed by atoms with E-state index >= 15 is 0 Å². The van der Waals surface area contributed by atoms with E-state index in [9.17, 15) is 14.7 Å². The third-order valence-corrected chi connectivity index (χ3v) is 4.87. The van der Waals surface area contributed by atoms with Gasteiger partial charge >= 0.3 is 5.69 Å². The van der Waals surface area contributed by atoms with E-state index in [0.29, 0.717) is 19.1 Å². The number of aliphatic hydroxyl groups excluding tert-OH is 1. The molecule has 0 aliphatic carbocycles. The third-order valence-electron chi connectivity index (χ3n) is 4.87. The van der Waals surface area contributed by atoms with Crippen LogP contribution in [0.3, 0.4) is 0 Å². The zero-order chi connectivity index (χ0) is 21.8. The Bertz CT molecular complexity index is 1150. The molecule has 2 heterocycles. The molecule has 9 heteroatoms. The first-order valence-electron chi connectivity index (χ1n) is 9.63. The largest absolute Gasteiger partial charge is 0.389 e. The summed E-state index contributed by atoms with van der Waals surface area (Å²) in [5, 5.41) is 10.5. The Hall–Kier alpha value is -3.17. The zero-order valence-electron chi connectivity index (χ0n) is 17.5. The lowest BCUT2D eigenvalue weighted by Crippen LogP contribution is -2.38. The van der Waals surface area contributed by atoms with Gasteiger partial charge in [-0.1, -0.05) is 36.4 Å². The lowest BCUT2D eigenvalue weighted by atomic mass is 10.2. The van der Waals surface area contributed by atoms with Crippen LogP contribution in [0.1, 0.15) is 5.56 Å². The van der Waals surface area contributed by atoms with Crippen molar-refractivity contribution in [1.29, 1.82) is 0 Å². The number of aliphatic hydroxyl groups is 1. The minimum Gasteiger partial charge on any atom is -0.389 e. The van der Waals surface area contributed by atoms with Gasteiger partial charge in [-0.15, -0.1) is 6.58 Å². The molecule has 1 unspecified atom stereocenters.